The van der Waals surface area contributed by atoms with Crippen molar-refractivity contribution in [2.24, 2.45) is 0 Å². The van der Waals surface area contributed by atoms with Crippen LogP contribution in [0.5, 0.6) is 5.75 Å². The molecule has 0 aromatic heterocycles. The largest absolute Gasteiger partial charge is 0.477 e. The Kier molecular flexibility index (Phi) is 4.00. The summed E-state index contributed by atoms with van der Waals surface area (Å²) in [5, 5.41) is 12.1. The number of nitrogens with one attached hydrogen (secondary N) is 1. The third-order valence-corrected chi connectivity index (χ3v) is 4.05. The number of benzene rings is 2. The van der Waals surface area contributed by atoms with Crippen LogP contribution in [0.25, 0.3) is 0 Å². The number of amides is 1. The van der Waals surface area contributed by atoms with Crippen LogP contribution in [-0.2, 0) is 11.2 Å². The van der Waals surface area contributed by atoms with Crippen molar-refractivity contribution in [3.05, 3.63) is 59.7 Å². The predicted molar refractivity (Wildman–Crippen MR) is 86.9 cm³/mol. The van der Waals surface area contributed by atoms with Crippen LogP contribution in [0.4, 0.5) is 0 Å². The van der Waals surface area contributed by atoms with Crippen LogP contribution >= 0.6 is 12.6 Å². The highest BCUT2D eigenvalue weighted by molar-refractivity contribution is 7.80. The van der Waals surface area contributed by atoms with E-state index in [1.54, 1.807) is 42.5 Å². The molecule has 0 saturated carbocycles. The standard InChI is InChI=1S/C17H15NO4S/c19-15(11-4-2-1-3-5-11)18-17(16(20)21)9-8-12-10-13(23)6-7-14(12)22-17/h1-7,10,23H,8-9H2,(H,18,19)(H,20,21). The molecule has 2 N–H and O–H groups in total. The zero-order chi connectivity index (χ0) is 16.4. The Labute approximate surface area is 138 Å². The number of carboxylic acids is 1. The van der Waals surface area contributed by atoms with Crippen molar-refractivity contribution < 1.29 is 19.4 Å². The summed E-state index contributed by atoms with van der Waals surface area (Å²) in [4.78, 5) is 24.9. The van der Waals surface area contributed by atoms with E-state index in [1.165, 1.54) is 0 Å². The van der Waals surface area contributed by atoms with Gasteiger partial charge in [-0.1, -0.05) is 18.2 Å². The van der Waals surface area contributed by atoms with Gasteiger partial charge in [0.05, 0.1) is 0 Å². The zero-order valence-corrected chi connectivity index (χ0v) is 13.0. The van der Waals surface area contributed by atoms with Crippen LogP contribution in [0.1, 0.15) is 22.3 Å². The number of carbonyl (C=O) groups is 2. The number of aryl methyl sites for hydroxylation is 1. The lowest BCUT2D eigenvalue weighted by molar-refractivity contribution is -0.159. The van der Waals surface area contributed by atoms with Gasteiger partial charge >= 0.3 is 5.97 Å². The van der Waals surface area contributed by atoms with Crippen molar-refractivity contribution in [2.75, 3.05) is 0 Å². The van der Waals surface area contributed by atoms with E-state index in [9.17, 15) is 14.7 Å². The second-order valence-electron chi connectivity index (χ2n) is 5.35. The van der Waals surface area contributed by atoms with E-state index in [1.807, 2.05) is 6.07 Å². The van der Waals surface area contributed by atoms with E-state index in [0.29, 0.717) is 17.7 Å². The first-order chi connectivity index (χ1) is 11.0. The number of thiol groups is 1. The summed E-state index contributed by atoms with van der Waals surface area (Å²) in [6, 6.07) is 13.7. The average Bonchev–Trinajstić information content (AvgIpc) is 2.55. The van der Waals surface area contributed by atoms with E-state index in [0.717, 1.165) is 10.5 Å². The number of aliphatic carboxylic acids is 1. The molecule has 6 heteroatoms. The minimum atomic E-state index is -1.77. The van der Waals surface area contributed by atoms with E-state index in [4.69, 9.17) is 4.74 Å². The lowest BCUT2D eigenvalue weighted by Crippen LogP contribution is -2.60. The molecular weight excluding hydrogens is 314 g/mol. The quantitative estimate of drug-likeness (QED) is 0.756. The highest BCUT2D eigenvalue weighted by Crippen LogP contribution is 2.33. The monoisotopic (exact) mass is 329 g/mol. The number of ether oxygens (including phenoxy) is 1. The molecule has 2 aromatic rings. The second kappa shape index (κ2) is 5.96. The Hall–Kier alpha value is -2.47. The molecule has 0 aliphatic carbocycles. The summed E-state index contributed by atoms with van der Waals surface area (Å²) < 4.78 is 5.66. The molecule has 2 aromatic carbocycles. The highest BCUT2D eigenvalue weighted by Gasteiger charge is 2.45. The topological polar surface area (TPSA) is 75.6 Å². The first kappa shape index (κ1) is 15.4. The van der Waals surface area contributed by atoms with E-state index in [-0.39, 0.29) is 6.42 Å². The molecular formula is C17H15NO4S. The Bertz CT molecular complexity index is 762. The van der Waals surface area contributed by atoms with Crippen LogP contribution < -0.4 is 10.1 Å². The molecule has 1 atom stereocenters. The van der Waals surface area contributed by atoms with Crippen LogP contribution in [0.2, 0.25) is 0 Å². The van der Waals surface area contributed by atoms with Gasteiger partial charge in [0.1, 0.15) is 5.75 Å². The maximum Gasteiger partial charge on any atom is 0.370 e. The SMILES string of the molecule is O=C(NC1(C(=O)O)CCc2cc(S)ccc2O1)c1ccccc1. The molecule has 1 heterocycles. The second-order valence-corrected chi connectivity index (χ2v) is 5.86. The summed E-state index contributed by atoms with van der Waals surface area (Å²) in [6.45, 7) is 0. The van der Waals surface area contributed by atoms with E-state index in [2.05, 4.69) is 17.9 Å². The molecule has 0 fully saturated rings. The molecule has 1 aliphatic heterocycles. The average molecular weight is 329 g/mol. The van der Waals surface area contributed by atoms with Gasteiger partial charge in [0.2, 0.25) is 0 Å². The van der Waals surface area contributed by atoms with Gasteiger partial charge in [-0.25, -0.2) is 4.79 Å². The van der Waals surface area contributed by atoms with Gasteiger partial charge in [-0.15, -0.1) is 12.6 Å². The fraction of sp³-hybridized carbons (Fsp3) is 0.176. The molecule has 3 rings (SSSR count). The van der Waals surface area contributed by atoms with Gasteiger partial charge in [-0.3, -0.25) is 4.79 Å². The van der Waals surface area contributed by atoms with Crippen molar-refractivity contribution in [1.29, 1.82) is 0 Å². The Balaban J connectivity index is 1.89. The maximum atomic E-state index is 12.3. The minimum absolute atomic E-state index is 0.144. The van der Waals surface area contributed by atoms with Crippen molar-refractivity contribution in [2.45, 2.75) is 23.5 Å². The summed E-state index contributed by atoms with van der Waals surface area (Å²) in [5.41, 5.74) is -0.505. The molecule has 0 saturated heterocycles. The first-order valence-corrected chi connectivity index (χ1v) is 7.57. The van der Waals surface area contributed by atoms with Gasteiger partial charge in [-0.2, -0.15) is 0 Å². The van der Waals surface area contributed by atoms with Crippen molar-refractivity contribution in [3.8, 4) is 5.75 Å². The first-order valence-electron chi connectivity index (χ1n) is 7.12. The number of hydrogen-bond donors (Lipinski definition) is 3. The molecule has 0 radical (unpaired) electrons. The minimum Gasteiger partial charge on any atom is -0.477 e. The Morgan fingerprint density at radius 1 is 1.17 bits per heavy atom. The number of hydrogen-bond acceptors (Lipinski definition) is 4. The number of carbonyl (C=O) groups excluding carboxylic acids is 1. The lowest BCUT2D eigenvalue weighted by atomic mass is 9.97. The summed E-state index contributed by atoms with van der Waals surface area (Å²) in [5.74, 6) is -1.26. The van der Waals surface area contributed by atoms with Crippen LogP contribution in [0.3, 0.4) is 0 Å². The van der Waals surface area contributed by atoms with Gasteiger partial charge in [-0.05, 0) is 42.3 Å². The van der Waals surface area contributed by atoms with Gasteiger partial charge in [0.15, 0.2) is 0 Å². The molecule has 23 heavy (non-hydrogen) atoms. The van der Waals surface area contributed by atoms with Gasteiger partial charge in [0, 0.05) is 16.9 Å². The Morgan fingerprint density at radius 3 is 2.61 bits per heavy atom. The smallest absolute Gasteiger partial charge is 0.370 e. The molecule has 1 aliphatic rings. The molecule has 0 bridgehead atoms. The molecule has 1 amide bonds. The number of carboxylic acid groups (broad SMARTS) is 1. The number of rotatable bonds is 3. The fourth-order valence-corrected chi connectivity index (χ4v) is 2.78. The molecule has 118 valence electrons. The van der Waals surface area contributed by atoms with Gasteiger partial charge in [0.25, 0.3) is 11.6 Å². The summed E-state index contributed by atoms with van der Waals surface area (Å²) >= 11 is 4.26. The lowest BCUT2D eigenvalue weighted by Gasteiger charge is -2.35. The number of fused-ring (bicyclic) bond motifs is 1. The van der Waals surface area contributed by atoms with E-state index >= 15 is 0 Å². The maximum absolute atomic E-state index is 12.3. The molecule has 1 unspecified atom stereocenters. The van der Waals surface area contributed by atoms with Crippen LogP contribution in [-0.4, -0.2) is 22.7 Å². The fourth-order valence-electron chi connectivity index (χ4n) is 2.55. The summed E-state index contributed by atoms with van der Waals surface area (Å²) in [7, 11) is 0. The third-order valence-electron chi connectivity index (χ3n) is 3.77. The zero-order valence-electron chi connectivity index (χ0n) is 12.2. The molecule has 0 spiro atoms. The Morgan fingerprint density at radius 2 is 1.91 bits per heavy atom. The summed E-state index contributed by atoms with van der Waals surface area (Å²) in [6.07, 6.45) is 0.621. The van der Waals surface area contributed by atoms with Crippen LogP contribution in [0.15, 0.2) is 53.4 Å². The highest BCUT2D eigenvalue weighted by atomic mass is 32.1. The molecule has 5 nitrogen and oxygen atoms in total. The van der Waals surface area contributed by atoms with Crippen molar-refractivity contribution >= 4 is 24.5 Å². The predicted octanol–water partition coefficient (Wildman–Crippen LogP) is 2.51. The van der Waals surface area contributed by atoms with Crippen molar-refractivity contribution in [3.63, 3.8) is 0 Å². The van der Waals surface area contributed by atoms with Gasteiger partial charge < -0.3 is 15.2 Å². The van der Waals surface area contributed by atoms with E-state index < -0.39 is 17.6 Å². The van der Waals surface area contributed by atoms with Crippen LogP contribution in [0, 0.1) is 0 Å². The third kappa shape index (κ3) is 3.03. The normalized spacial score (nSPS) is 19.3. The van der Waals surface area contributed by atoms with Crippen molar-refractivity contribution in [1.82, 2.24) is 5.32 Å².